The molecule has 4 heteroatoms. The first kappa shape index (κ1) is 10.8. The highest BCUT2D eigenvalue weighted by molar-refractivity contribution is 6.31. The van der Waals surface area contributed by atoms with Gasteiger partial charge in [-0.2, -0.15) is 0 Å². The van der Waals surface area contributed by atoms with E-state index < -0.39 is 6.10 Å². The molecule has 17 heavy (non-hydrogen) atoms. The lowest BCUT2D eigenvalue weighted by atomic mass is 10.1. The molecule has 0 bridgehead atoms. The molecule has 1 aliphatic carbocycles. The van der Waals surface area contributed by atoms with E-state index in [2.05, 4.69) is 0 Å². The molecule has 3 rings (SSSR count). The van der Waals surface area contributed by atoms with Crippen LogP contribution in [0.15, 0.2) is 28.7 Å². The largest absolute Gasteiger partial charge is 0.453 e. The smallest absolute Gasteiger partial charge is 0.226 e. The second-order valence-corrected chi connectivity index (χ2v) is 4.88. The van der Waals surface area contributed by atoms with E-state index in [-0.39, 0.29) is 17.5 Å². The molecular weight excluding hydrogens is 240 g/mol. The first-order chi connectivity index (χ1) is 8.15. The predicted molar refractivity (Wildman–Crippen MR) is 64.3 cm³/mol. The first-order valence-electron chi connectivity index (χ1n) is 5.56. The van der Waals surface area contributed by atoms with Crippen molar-refractivity contribution in [3.05, 3.63) is 35.0 Å². The van der Waals surface area contributed by atoms with E-state index in [9.17, 15) is 9.90 Å². The molecule has 1 aliphatic rings. The summed E-state index contributed by atoms with van der Waals surface area (Å²) in [6, 6.07) is 6.80. The summed E-state index contributed by atoms with van der Waals surface area (Å²) in [4.78, 5) is 11.9. The summed E-state index contributed by atoms with van der Waals surface area (Å²) < 4.78 is 5.42. The Balaban J connectivity index is 1.97. The number of benzene rings is 1. The molecule has 1 N–H and O–H groups in total. The monoisotopic (exact) mass is 250 g/mol. The number of rotatable bonds is 3. The fourth-order valence-electron chi connectivity index (χ4n) is 1.91. The third-order valence-corrected chi connectivity index (χ3v) is 3.29. The fourth-order valence-corrected chi connectivity index (χ4v) is 2.09. The third-order valence-electron chi connectivity index (χ3n) is 3.06. The van der Waals surface area contributed by atoms with Crippen molar-refractivity contribution < 1.29 is 14.3 Å². The standard InChI is InChI=1S/C13H11ClO3/c14-9-3-4-10-8(5-9)6-11(17-10)13(16)12(15)7-1-2-7/h3-7,12,15H,1-2H2. The highest BCUT2D eigenvalue weighted by Gasteiger charge is 2.36. The topological polar surface area (TPSA) is 50.4 Å². The summed E-state index contributed by atoms with van der Waals surface area (Å²) in [7, 11) is 0. The second kappa shape index (κ2) is 3.86. The van der Waals surface area contributed by atoms with Gasteiger partial charge in [0.1, 0.15) is 11.7 Å². The van der Waals surface area contributed by atoms with Gasteiger partial charge >= 0.3 is 0 Å². The zero-order valence-corrected chi connectivity index (χ0v) is 9.78. The van der Waals surface area contributed by atoms with Crippen LogP contribution < -0.4 is 0 Å². The van der Waals surface area contributed by atoms with Crippen molar-refractivity contribution in [3.63, 3.8) is 0 Å². The molecule has 0 spiro atoms. The van der Waals surface area contributed by atoms with Crippen LogP contribution in [0.1, 0.15) is 23.4 Å². The highest BCUT2D eigenvalue weighted by Crippen LogP contribution is 2.34. The molecule has 0 aliphatic heterocycles. The van der Waals surface area contributed by atoms with Crippen LogP contribution in [0, 0.1) is 5.92 Å². The maximum Gasteiger partial charge on any atom is 0.226 e. The minimum atomic E-state index is -0.925. The highest BCUT2D eigenvalue weighted by atomic mass is 35.5. The number of halogens is 1. The molecule has 0 radical (unpaired) electrons. The van der Waals surface area contributed by atoms with Gasteiger partial charge in [-0.25, -0.2) is 0 Å². The zero-order valence-electron chi connectivity index (χ0n) is 9.02. The minimum Gasteiger partial charge on any atom is -0.453 e. The molecule has 1 fully saturated rings. The Morgan fingerprint density at radius 1 is 1.41 bits per heavy atom. The van der Waals surface area contributed by atoms with Crippen LogP contribution in [-0.2, 0) is 0 Å². The number of hydrogen-bond donors (Lipinski definition) is 1. The van der Waals surface area contributed by atoms with E-state index >= 15 is 0 Å². The molecule has 88 valence electrons. The van der Waals surface area contributed by atoms with Crippen molar-refractivity contribution >= 4 is 28.4 Å². The molecule has 1 atom stereocenters. The summed E-state index contributed by atoms with van der Waals surface area (Å²) in [5.41, 5.74) is 0.612. The van der Waals surface area contributed by atoms with Crippen LogP contribution in [0.3, 0.4) is 0 Å². The number of carbonyl (C=O) groups excluding carboxylic acids is 1. The maximum atomic E-state index is 11.9. The molecule has 3 nitrogen and oxygen atoms in total. The van der Waals surface area contributed by atoms with Gasteiger partial charge in [0.2, 0.25) is 5.78 Å². The summed E-state index contributed by atoms with van der Waals surface area (Å²) in [6.07, 6.45) is 0.906. The lowest BCUT2D eigenvalue weighted by molar-refractivity contribution is 0.0676. The summed E-state index contributed by atoms with van der Waals surface area (Å²) in [6.45, 7) is 0. The lowest BCUT2D eigenvalue weighted by Crippen LogP contribution is -2.21. The van der Waals surface area contributed by atoms with E-state index in [1.807, 2.05) is 0 Å². The van der Waals surface area contributed by atoms with Gasteiger partial charge < -0.3 is 9.52 Å². The normalized spacial score (nSPS) is 17.3. The number of carbonyl (C=O) groups is 1. The van der Waals surface area contributed by atoms with Gasteiger partial charge in [-0.05, 0) is 43.0 Å². The molecule has 1 unspecified atom stereocenters. The Morgan fingerprint density at radius 2 is 2.18 bits per heavy atom. The van der Waals surface area contributed by atoms with Gasteiger partial charge in [0.15, 0.2) is 5.76 Å². The average molecular weight is 251 g/mol. The molecule has 1 aromatic heterocycles. The van der Waals surface area contributed by atoms with Crippen molar-refractivity contribution in [2.24, 2.45) is 5.92 Å². The molecule has 0 amide bonds. The van der Waals surface area contributed by atoms with E-state index in [4.69, 9.17) is 16.0 Å². The second-order valence-electron chi connectivity index (χ2n) is 4.44. The SMILES string of the molecule is O=C(c1cc2cc(Cl)ccc2o1)C(O)C1CC1. The molecule has 0 saturated heterocycles. The molecule has 1 heterocycles. The average Bonchev–Trinajstić information content (AvgIpc) is 3.07. The van der Waals surface area contributed by atoms with Crippen molar-refractivity contribution in [3.8, 4) is 0 Å². The fraction of sp³-hybridized carbons (Fsp3) is 0.308. The van der Waals surface area contributed by atoms with E-state index in [0.717, 1.165) is 18.2 Å². The number of ketones is 1. The van der Waals surface area contributed by atoms with Crippen LogP contribution in [0.5, 0.6) is 0 Å². The Labute approximate surface area is 103 Å². The van der Waals surface area contributed by atoms with E-state index in [0.29, 0.717) is 10.6 Å². The van der Waals surface area contributed by atoms with Gasteiger partial charge in [-0.15, -0.1) is 0 Å². The number of Topliss-reactive ketones (excluding diaryl/α,β-unsaturated/α-hetero) is 1. The summed E-state index contributed by atoms with van der Waals surface area (Å²) >= 11 is 5.85. The van der Waals surface area contributed by atoms with Crippen molar-refractivity contribution in [2.75, 3.05) is 0 Å². The Morgan fingerprint density at radius 3 is 2.88 bits per heavy atom. The van der Waals surface area contributed by atoms with Gasteiger partial charge in [-0.3, -0.25) is 4.79 Å². The molecule has 1 aromatic carbocycles. The van der Waals surface area contributed by atoms with E-state index in [1.54, 1.807) is 24.3 Å². The zero-order chi connectivity index (χ0) is 12.0. The number of aliphatic hydroxyl groups excluding tert-OH is 1. The first-order valence-corrected chi connectivity index (χ1v) is 5.94. The third kappa shape index (κ3) is 1.96. The van der Waals surface area contributed by atoms with Gasteiger partial charge in [0.05, 0.1) is 0 Å². The molecular formula is C13H11ClO3. The minimum absolute atomic E-state index is 0.110. The Hall–Kier alpha value is -1.32. The number of fused-ring (bicyclic) bond motifs is 1. The maximum absolute atomic E-state index is 11.9. The molecule has 2 aromatic rings. The van der Waals surface area contributed by atoms with Gasteiger partial charge in [0, 0.05) is 10.4 Å². The van der Waals surface area contributed by atoms with Crippen molar-refractivity contribution in [2.45, 2.75) is 18.9 Å². The lowest BCUT2D eigenvalue weighted by Gasteiger charge is -2.04. The van der Waals surface area contributed by atoms with Crippen LogP contribution in [0.2, 0.25) is 5.02 Å². The van der Waals surface area contributed by atoms with Crippen molar-refractivity contribution in [1.82, 2.24) is 0 Å². The van der Waals surface area contributed by atoms with Crippen molar-refractivity contribution in [1.29, 1.82) is 0 Å². The Kier molecular flexibility index (Phi) is 2.45. The number of hydrogen-bond acceptors (Lipinski definition) is 3. The van der Waals surface area contributed by atoms with Crippen LogP contribution >= 0.6 is 11.6 Å². The van der Waals surface area contributed by atoms with Crippen LogP contribution in [0.4, 0.5) is 0 Å². The van der Waals surface area contributed by atoms with Gasteiger partial charge in [0.25, 0.3) is 0 Å². The van der Waals surface area contributed by atoms with Crippen LogP contribution in [0.25, 0.3) is 11.0 Å². The summed E-state index contributed by atoms with van der Waals surface area (Å²) in [5, 5.41) is 11.1. The molecule has 1 saturated carbocycles. The number of aliphatic hydroxyl groups is 1. The quantitative estimate of drug-likeness (QED) is 0.852. The predicted octanol–water partition coefficient (Wildman–Crippen LogP) is 3.04. The van der Waals surface area contributed by atoms with Gasteiger partial charge in [-0.1, -0.05) is 11.6 Å². The summed E-state index contributed by atoms with van der Waals surface area (Å²) in [5.74, 6) is -0.0132. The van der Waals surface area contributed by atoms with E-state index in [1.165, 1.54) is 0 Å². The Bertz CT molecular complexity index is 583. The van der Waals surface area contributed by atoms with Crippen LogP contribution in [-0.4, -0.2) is 17.0 Å². The number of furan rings is 1.